The maximum atomic E-state index is 11.7. The highest BCUT2D eigenvalue weighted by Gasteiger charge is 2.33. The summed E-state index contributed by atoms with van der Waals surface area (Å²) in [4.78, 5) is 12.8. The SMILES string of the molecule is C[C@@H]1CCc2c(sc(NC(=O)C(Cl)(Cl)Cl)c2C#N)C1. The number of amides is 1. The van der Waals surface area contributed by atoms with Gasteiger partial charge in [-0.25, -0.2) is 0 Å². The minimum Gasteiger partial charge on any atom is -0.313 e. The van der Waals surface area contributed by atoms with Gasteiger partial charge in [0, 0.05) is 4.88 Å². The number of nitrogens with zero attached hydrogens (tertiary/aromatic N) is 1. The first-order valence-corrected chi connectivity index (χ1v) is 7.70. The number of carbonyl (C=O) groups excluding carboxylic acids is 1. The lowest BCUT2D eigenvalue weighted by atomic mass is 9.89. The lowest BCUT2D eigenvalue weighted by Crippen LogP contribution is -2.26. The molecule has 0 aliphatic heterocycles. The predicted octanol–water partition coefficient (Wildman–Crippen LogP) is 4.05. The van der Waals surface area contributed by atoms with Crippen molar-refractivity contribution in [1.82, 2.24) is 0 Å². The third-order valence-corrected chi connectivity index (χ3v) is 4.79. The van der Waals surface area contributed by atoms with Crippen molar-refractivity contribution in [2.24, 2.45) is 5.92 Å². The molecule has 1 aliphatic carbocycles. The van der Waals surface area contributed by atoms with Crippen LogP contribution in [0.5, 0.6) is 0 Å². The van der Waals surface area contributed by atoms with Crippen LogP contribution in [0.1, 0.15) is 29.3 Å². The molecule has 1 atom stereocenters. The summed E-state index contributed by atoms with van der Waals surface area (Å²) in [6.07, 6.45) is 2.84. The molecule has 0 spiro atoms. The molecule has 1 heterocycles. The van der Waals surface area contributed by atoms with Crippen LogP contribution in [0, 0.1) is 17.2 Å². The third-order valence-electron chi connectivity index (χ3n) is 3.11. The number of alkyl halides is 3. The molecule has 1 aromatic heterocycles. The van der Waals surface area contributed by atoms with Crippen molar-refractivity contribution in [3.05, 3.63) is 16.0 Å². The Morgan fingerprint density at radius 2 is 2.21 bits per heavy atom. The topological polar surface area (TPSA) is 52.9 Å². The number of thiophene rings is 1. The van der Waals surface area contributed by atoms with Crippen LogP contribution in [-0.2, 0) is 17.6 Å². The summed E-state index contributed by atoms with van der Waals surface area (Å²) in [7, 11) is 0. The summed E-state index contributed by atoms with van der Waals surface area (Å²) in [5.74, 6) is -0.143. The van der Waals surface area contributed by atoms with Gasteiger partial charge in [-0.2, -0.15) is 5.26 Å². The standard InChI is InChI=1S/C12H11Cl3N2OS/c1-6-2-3-7-8(5-16)10(19-9(7)4-6)17-11(18)12(13,14)15/h6H,2-4H2,1H3,(H,17,18)/t6-/m1/s1. The predicted molar refractivity (Wildman–Crippen MR) is 79.1 cm³/mol. The van der Waals surface area contributed by atoms with Gasteiger partial charge in [-0.05, 0) is 30.7 Å². The van der Waals surface area contributed by atoms with Gasteiger partial charge >= 0.3 is 0 Å². The summed E-state index contributed by atoms with van der Waals surface area (Å²) >= 11 is 18.0. The molecule has 7 heteroatoms. The third kappa shape index (κ3) is 3.17. The molecule has 102 valence electrons. The first-order chi connectivity index (χ1) is 8.82. The average molecular weight is 338 g/mol. The molecule has 0 fully saturated rings. The van der Waals surface area contributed by atoms with Crippen molar-refractivity contribution in [3.8, 4) is 6.07 Å². The van der Waals surface area contributed by atoms with Crippen LogP contribution in [0.15, 0.2) is 0 Å². The Labute approximate surface area is 130 Å². The smallest absolute Gasteiger partial charge is 0.277 e. The number of nitrogens with one attached hydrogen (secondary N) is 1. The molecular formula is C12H11Cl3N2OS. The highest BCUT2D eigenvalue weighted by molar-refractivity contribution is 7.16. The Morgan fingerprint density at radius 3 is 2.79 bits per heavy atom. The number of carbonyl (C=O) groups is 1. The minimum atomic E-state index is -2.02. The normalized spacial score (nSPS) is 18.6. The van der Waals surface area contributed by atoms with Gasteiger partial charge in [0.2, 0.25) is 0 Å². The van der Waals surface area contributed by atoms with Gasteiger partial charge in [-0.1, -0.05) is 41.7 Å². The average Bonchev–Trinajstić information content (AvgIpc) is 2.63. The molecule has 3 nitrogen and oxygen atoms in total. The molecule has 1 N–H and O–H groups in total. The Morgan fingerprint density at radius 1 is 1.53 bits per heavy atom. The molecule has 19 heavy (non-hydrogen) atoms. The number of hydrogen-bond acceptors (Lipinski definition) is 3. The van der Waals surface area contributed by atoms with E-state index < -0.39 is 9.70 Å². The van der Waals surface area contributed by atoms with E-state index in [4.69, 9.17) is 34.8 Å². The Balaban J connectivity index is 2.33. The number of hydrogen-bond donors (Lipinski definition) is 1. The molecule has 0 bridgehead atoms. The first kappa shape index (κ1) is 14.9. The molecular weight excluding hydrogens is 327 g/mol. The van der Waals surface area contributed by atoms with E-state index in [1.54, 1.807) is 0 Å². The molecule has 0 aromatic carbocycles. The van der Waals surface area contributed by atoms with Crippen LogP contribution in [0.25, 0.3) is 0 Å². The van der Waals surface area contributed by atoms with Crippen LogP contribution in [0.2, 0.25) is 0 Å². The first-order valence-electron chi connectivity index (χ1n) is 5.75. The quantitative estimate of drug-likeness (QED) is 0.786. The van der Waals surface area contributed by atoms with Crippen LogP contribution < -0.4 is 5.32 Å². The summed E-state index contributed by atoms with van der Waals surface area (Å²) < 4.78 is -2.02. The highest BCUT2D eigenvalue weighted by atomic mass is 35.6. The number of anilines is 1. The molecule has 0 saturated heterocycles. The number of halogens is 3. The van der Waals surface area contributed by atoms with Crippen molar-refractivity contribution >= 4 is 57.0 Å². The van der Waals surface area contributed by atoms with Crippen molar-refractivity contribution in [2.45, 2.75) is 30.0 Å². The molecule has 0 unspecified atom stereocenters. The zero-order valence-corrected chi connectivity index (χ0v) is 13.2. The Bertz CT molecular complexity index is 557. The lowest BCUT2D eigenvalue weighted by molar-refractivity contribution is -0.115. The zero-order valence-electron chi connectivity index (χ0n) is 10.1. The molecule has 1 aromatic rings. The van der Waals surface area contributed by atoms with Crippen LogP contribution in [0.4, 0.5) is 5.00 Å². The summed E-state index contributed by atoms with van der Waals surface area (Å²) in [5, 5.41) is 12.3. The van der Waals surface area contributed by atoms with E-state index in [1.807, 2.05) is 0 Å². The molecule has 1 aliphatic rings. The second-order valence-corrected chi connectivity index (χ2v) is 8.01. The maximum Gasteiger partial charge on any atom is 0.277 e. The molecule has 0 radical (unpaired) electrons. The highest BCUT2D eigenvalue weighted by Crippen LogP contribution is 2.40. The molecule has 1 amide bonds. The second-order valence-electron chi connectivity index (χ2n) is 4.62. The fraction of sp³-hybridized carbons (Fsp3) is 0.500. The van der Waals surface area contributed by atoms with E-state index in [2.05, 4.69) is 18.3 Å². The van der Waals surface area contributed by atoms with Gasteiger partial charge in [-0.15, -0.1) is 11.3 Å². The minimum absolute atomic E-state index is 0.484. The molecule has 0 saturated carbocycles. The fourth-order valence-corrected chi connectivity index (χ4v) is 3.63. The number of nitriles is 1. The maximum absolute atomic E-state index is 11.7. The van der Waals surface area contributed by atoms with E-state index in [0.29, 0.717) is 16.5 Å². The van der Waals surface area contributed by atoms with Gasteiger partial charge in [0.25, 0.3) is 9.70 Å². The Hall–Kier alpha value is -0.470. The van der Waals surface area contributed by atoms with Crippen LogP contribution >= 0.6 is 46.1 Å². The van der Waals surface area contributed by atoms with E-state index in [0.717, 1.165) is 29.7 Å². The van der Waals surface area contributed by atoms with Crippen molar-refractivity contribution in [1.29, 1.82) is 5.26 Å². The van der Waals surface area contributed by atoms with Gasteiger partial charge in [0.15, 0.2) is 0 Å². The lowest BCUT2D eigenvalue weighted by Gasteiger charge is -2.17. The summed E-state index contributed by atoms with van der Waals surface area (Å²) in [6, 6.07) is 2.14. The van der Waals surface area contributed by atoms with E-state index in [1.165, 1.54) is 11.3 Å². The van der Waals surface area contributed by atoms with Gasteiger partial charge in [0.1, 0.15) is 11.1 Å². The van der Waals surface area contributed by atoms with Crippen LogP contribution in [0.3, 0.4) is 0 Å². The summed E-state index contributed by atoms with van der Waals surface area (Å²) in [6.45, 7) is 2.17. The Kier molecular flexibility index (Phi) is 4.32. The van der Waals surface area contributed by atoms with Crippen molar-refractivity contribution < 1.29 is 4.79 Å². The number of fused-ring (bicyclic) bond motifs is 1. The summed E-state index contributed by atoms with van der Waals surface area (Å²) in [5.41, 5.74) is 1.54. The van der Waals surface area contributed by atoms with Gasteiger partial charge in [0.05, 0.1) is 5.56 Å². The van der Waals surface area contributed by atoms with E-state index in [9.17, 15) is 10.1 Å². The number of rotatable bonds is 1. The van der Waals surface area contributed by atoms with E-state index >= 15 is 0 Å². The van der Waals surface area contributed by atoms with E-state index in [-0.39, 0.29) is 0 Å². The van der Waals surface area contributed by atoms with Gasteiger partial charge < -0.3 is 5.32 Å². The van der Waals surface area contributed by atoms with Gasteiger partial charge in [-0.3, -0.25) is 4.79 Å². The van der Waals surface area contributed by atoms with Crippen LogP contribution in [-0.4, -0.2) is 9.70 Å². The molecule has 2 rings (SSSR count). The van der Waals surface area contributed by atoms with Crippen molar-refractivity contribution in [3.63, 3.8) is 0 Å². The fourth-order valence-electron chi connectivity index (χ4n) is 2.13. The largest absolute Gasteiger partial charge is 0.313 e. The second kappa shape index (κ2) is 5.49. The van der Waals surface area contributed by atoms with Crippen molar-refractivity contribution in [2.75, 3.05) is 5.32 Å². The zero-order chi connectivity index (χ0) is 14.2. The monoisotopic (exact) mass is 336 g/mol.